The lowest BCUT2D eigenvalue weighted by Crippen LogP contribution is -2.21. The molecule has 25 heavy (non-hydrogen) atoms. The Morgan fingerprint density at radius 1 is 0.840 bits per heavy atom. The summed E-state index contributed by atoms with van der Waals surface area (Å²) >= 11 is 5.81. The first kappa shape index (κ1) is 18.5. The van der Waals surface area contributed by atoms with Crippen LogP contribution in [0.2, 0.25) is 5.02 Å². The molecule has 130 valence electrons. The largest absolute Gasteiger partial charge is 0.456 e. The number of hydrogen-bond donors (Lipinski definition) is 2. The Bertz CT molecular complexity index is 750. The predicted molar refractivity (Wildman–Crippen MR) is 95.3 cm³/mol. The van der Waals surface area contributed by atoms with Gasteiger partial charge in [0, 0.05) is 22.8 Å². The molecule has 0 aliphatic rings. The SMILES string of the molecule is O=C(CCC(=O)OCC(=O)Nc1cccc(Cl)c1)Nc1ccccc1. The van der Waals surface area contributed by atoms with Gasteiger partial charge in [-0.2, -0.15) is 0 Å². The first-order valence-electron chi connectivity index (χ1n) is 7.59. The number of nitrogens with one attached hydrogen (secondary N) is 2. The Morgan fingerprint density at radius 2 is 1.52 bits per heavy atom. The lowest BCUT2D eigenvalue weighted by atomic mass is 10.2. The van der Waals surface area contributed by atoms with E-state index in [-0.39, 0.29) is 18.7 Å². The second kappa shape index (κ2) is 9.44. The minimum atomic E-state index is -0.621. The van der Waals surface area contributed by atoms with Crippen LogP contribution in [0.4, 0.5) is 11.4 Å². The molecule has 7 heteroatoms. The van der Waals surface area contributed by atoms with Crippen molar-refractivity contribution in [2.45, 2.75) is 12.8 Å². The minimum absolute atomic E-state index is 0.0242. The number of halogens is 1. The van der Waals surface area contributed by atoms with Crippen LogP contribution >= 0.6 is 11.6 Å². The maximum Gasteiger partial charge on any atom is 0.306 e. The molecule has 2 amide bonds. The summed E-state index contributed by atoms with van der Waals surface area (Å²) in [6.07, 6.45) is -0.132. The number of anilines is 2. The molecule has 0 radical (unpaired) electrons. The molecule has 0 aromatic heterocycles. The van der Waals surface area contributed by atoms with Gasteiger partial charge in [0.2, 0.25) is 5.91 Å². The quantitative estimate of drug-likeness (QED) is 0.742. The summed E-state index contributed by atoms with van der Waals surface area (Å²) < 4.78 is 4.84. The highest BCUT2D eigenvalue weighted by Crippen LogP contribution is 2.14. The van der Waals surface area contributed by atoms with E-state index in [1.54, 1.807) is 48.5 Å². The second-order valence-corrected chi connectivity index (χ2v) is 5.57. The number of carbonyl (C=O) groups excluding carboxylic acids is 3. The zero-order valence-electron chi connectivity index (χ0n) is 13.3. The highest BCUT2D eigenvalue weighted by Gasteiger charge is 2.11. The van der Waals surface area contributed by atoms with Crippen molar-refractivity contribution < 1.29 is 19.1 Å². The summed E-state index contributed by atoms with van der Waals surface area (Å²) in [6, 6.07) is 15.5. The van der Waals surface area contributed by atoms with E-state index in [9.17, 15) is 14.4 Å². The fourth-order valence-corrected chi connectivity index (χ4v) is 2.13. The van der Waals surface area contributed by atoms with E-state index in [0.29, 0.717) is 16.4 Å². The Kier molecular flexibility index (Phi) is 6.98. The number of carbonyl (C=O) groups is 3. The molecule has 0 atom stereocenters. The van der Waals surface area contributed by atoms with E-state index in [1.807, 2.05) is 6.07 Å². The molecule has 0 fully saturated rings. The third-order valence-electron chi connectivity index (χ3n) is 3.09. The molecule has 0 bridgehead atoms. The van der Waals surface area contributed by atoms with Crippen molar-refractivity contribution in [3.8, 4) is 0 Å². The van der Waals surface area contributed by atoms with Crippen molar-refractivity contribution in [3.05, 3.63) is 59.6 Å². The second-order valence-electron chi connectivity index (χ2n) is 5.13. The monoisotopic (exact) mass is 360 g/mol. The number of esters is 1. The molecule has 2 N–H and O–H groups in total. The van der Waals surface area contributed by atoms with Crippen LogP contribution in [-0.4, -0.2) is 24.4 Å². The third-order valence-corrected chi connectivity index (χ3v) is 3.32. The van der Waals surface area contributed by atoms with Crippen molar-refractivity contribution in [2.75, 3.05) is 17.2 Å². The number of ether oxygens (including phenoxy) is 1. The van der Waals surface area contributed by atoms with Gasteiger partial charge in [-0.05, 0) is 30.3 Å². The van der Waals surface area contributed by atoms with Crippen LogP contribution in [0, 0.1) is 0 Å². The van der Waals surface area contributed by atoms with Gasteiger partial charge in [-0.3, -0.25) is 14.4 Å². The topological polar surface area (TPSA) is 84.5 Å². The van der Waals surface area contributed by atoms with Crippen molar-refractivity contribution in [1.82, 2.24) is 0 Å². The van der Waals surface area contributed by atoms with Gasteiger partial charge < -0.3 is 15.4 Å². The summed E-state index contributed by atoms with van der Waals surface area (Å²) in [7, 11) is 0. The molecule has 0 aliphatic carbocycles. The maximum absolute atomic E-state index is 11.7. The molecule has 2 aromatic rings. The van der Waals surface area contributed by atoms with Crippen LogP contribution in [0.1, 0.15) is 12.8 Å². The van der Waals surface area contributed by atoms with Gasteiger partial charge in [-0.15, -0.1) is 0 Å². The molecule has 2 aromatic carbocycles. The summed E-state index contributed by atoms with van der Waals surface area (Å²) in [5, 5.41) is 5.70. The lowest BCUT2D eigenvalue weighted by Gasteiger charge is -2.07. The van der Waals surface area contributed by atoms with E-state index in [2.05, 4.69) is 10.6 Å². The minimum Gasteiger partial charge on any atom is -0.456 e. The molecule has 0 saturated carbocycles. The van der Waals surface area contributed by atoms with E-state index in [1.165, 1.54) is 0 Å². The van der Waals surface area contributed by atoms with E-state index in [4.69, 9.17) is 16.3 Å². The van der Waals surface area contributed by atoms with Crippen molar-refractivity contribution in [1.29, 1.82) is 0 Å². The van der Waals surface area contributed by atoms with Crippen molar-refractivity contribution in [3.63, 3.8) is 0 Å². The van der Waals surface area contributed by atoms with Crippen LogP contribution in [0.3, 0.4) is 0 Å². The first-order chi connectivity index (χ1) is 12.0. The third kappa shape index (κ3) is 7.05. The molecule has 0 aliphatic heterocycles. The Balaban J connectivity index is 1.66. The van der Waals surface area contributed by atoms with Crippen LogP contribution in [0.25, 0.3) is 0 Å². The smallest absolute Gasteiger partial charge is 0.306 e. The molecular formula is C18H17ClN2O4. The van der Waals surface area contributed by atoms with Gasteiger partial charge in [-0.1, -0.05) is 35.9 Å². The summed E-state index contributed by atoms with van der Waals surface area (Å²) in [4.78, 5) is 35.0. The van der Waals surface area contributed by atoms with Gasteiger partial charge in [-0.25, -0.2) is 0 Å². The maximum atomic E-state index is 11.7. The fourth-order valence-electron chi connectivity index (χ4n) is 1.94. The zero-order chi connectivity index (χ0) is 18.1. The molecule has 6 nitrogen and oxygen atoms in total. The lowest BCUT2D eigenvalue weighted by molar-refractivity contribution is -0.147. The average molecular weight is 361 g/mol. The van der Waals surface area contributed by atoms with Gasteiger partial charge in [0.15, 0.2) is 6.61 Å². The fraction of sp³-hybridized carbons (Fsp3) is 0.167. The summed E-state index contributed by atoms with van der Waals surface area (Å²) in [6.45, 7) is -0.425. The zero-order valence-corrected chi connectivity index (χ0v) is 14.1. The average Bonchev–Trinajstić information content (AvgIpc) is 2.59. The van der Waals surface area contributed by atoms with Crippen molar-refractivity contribution in [2.24, 2.45) is 0 Å². The number of benzene rings is 2. The number of rotatable bonds is 7. The highest BCUT2D eigenvalue weighted by atomic mass is 35.5. The van der Waals surface area contributed by atoms with E-state index < -0.39 is 18.5 Å². The molecule has 0 saturated heterocycles. The summed E-state index contributed by atoms with van der Waals surface area (Å²) in [5.41, 5.74) is 1.16. The van der Waals surface area contributed by atoms with Crippen LogP contribution in [0.15, 0.2) is 54.6 Å². The van der Waals surface area contributed by atoms with Gasteiger partial charge in [0.05, 0.1) is 6.42 Å². The number of amides is 2. The standard InChI is InChI=1S/C18H17ClN2O4/c19-13-5-4-8-15(11-13)21-17(23)12-25-18(24)10-9-16(22)20-14-6-2-1-3-7-14/h1-8,11H,9-10,12H2,(H,20,22)(H,21,23). The molecular weight excluding hydrogens is 344 g/mol. The van der Waals surface area contributed by atoms with Crippen LogP contribution in [-0.2, 0) is 19.1 Å². The Morgan fingerprint density at radius 3 is 2.24 bits per heavy atom. The van der Waals surface area contributed by atoms with E-state index >= 15 is 0 Å². The highest BCUT2D eigenvalue weighted by molar-refractivity contribution is 6.30. The van der Waals surface area contributed by atoms with Gasteiger partial charge in [0.25, 0.3) is 5.91 Å². The number of hydrogen-bond acceptors (Lipinski definition) is 4. The Hall–Kier alpha value is -2.86. The van der Waals surface area contributed by atoms with Crippen LogP contribution in [0.5, 0.6) is 0 Å². The predicted octanol–water partition coefficient (Wildman–Crippen LogP) is 3.24. The van der Waals surface area contributed by atoms with Crippen molar-refractivity contribution >= 4 is 40.8 Å². The Labute approximate surface area is 150 Å². The van der Waals surface area contributed by atoms with E-state index in [0.717, 1.165) is 0 Å². The molecule has 2 rings (SSSR count). The van der Waals surface area contributed by atoms with Gasteiger partial charge in [0.1, 0.15) is 0 Å². The number of para-hydroxylation sites is 1. The van der Waals surface area contributed by atoms with Crippen LogP contribution < -0.4 is 10.6 Å². The molecule has 0 unspecified atom stereocenters. The molecule has 0 heterocycles. The van der Waals surface area contributed by atoms with Gasteiger partial charge >= 0.3 is 5.97 Å². The molecule has 0 spiro atoms. The summed E-state index contributed by atoms with van der Waals surface area (Å²) in [5.74, 6) is -1.40. The normalized spacial score (nSPS) is 9.96. The first-order valence-corrected chi connectivity index (χ1v) is 7.96.